The molecule has 1 unspecified atom stereocenters. The molecule has 0 saturated carbocycles. The van der Waals surface area contributed by atoms with Gasteiger partial charge in [0.2, 0.25) is 0 Å². The van der Waals surface area contributed by atoms with Gasteiger partial charge in [-0.1, -0.05) is 0 Å². The summed E-state index contributed by atoms with van der Waals surface area (Å²) in [5.41, 5.74) is 0.607. The molecule has 4 rings (SSSR count). The van der Waals surface area contributed by atoms with Crippen molar-refractivity contribution < 1.29 is 4.79 Å². The number of nitrogens with zero attached hydrogens (tertiary/aromatic N) is 5. The number of imidazole rings is 1. The molecule has 0 aliphatic carbocycles. The molecule has 0 radical (unpaired) electrons. The molecule has 2 aliphatic heterocycles. The van der Waals surface area contributed by atoms with Crippen molar-refractivity contribution >= 4 is 17.2 Å². The van der Waals surface area contributed by atoms with Gasteiger partial charge in [-0.3, -0.25) is 9.69 Å². The Morgan fingerprint density at radius 3 is 3.05 bits per heavy atom. The van der Waals surface area contributed by atoms with E-state index in [1.807, 2.05) is 29.6 Å². The number of thiazole rings is 1. The third kappa shape index (κ3) is 2.07. The maximum Gasteiger partial charge on any atom is 0.273 e. The van der Waals surface area contributed by atoms with Crippen LogP contribution in [0, 0.1) is 6.92 Å². The van der Waals surface area contributed by atoms with Crippen LogP contribution in [0.25, 0.3) is 0 Å². The highest BCUT2D eigenvalue weighted by molar-refractivity contribution is 7.09. The fraction of sp³-hybridized carbons (Fsp3) is 0.533. The monoisotopic (exact) mass is 317 g/mol. The molecule has 7 heteroatoms. The van der Waals surface area contributed by atoms with E-state index in [-0.39, 0.29) is 11.4 Å². The Morgan fingerprint density at radius 2 is 2.27 bits per heavy atom. The minimum atomic E-state index is 0.0222. The second-order valence-corrected chi connectivity index (χ2v) is 7.34. The first kappa shape index (κ1) is 13.9. The van der Waals surface area contributed by atoms with Gasteiger partial charge in [0.25, 0.3) is 5.91 Å². The number of rotatable bonds is 1. The predicted molar refractivity (Wildman–Crippen MR) is 83.8 cm³/mol. The quantitative estimate of drug-likeness (QED) is 0.797. The Bertz CT molecular complexity index is 723. The maximum atomic E-state index is 12.6. The summed E-state index contributed by atoms with van der Waals surface area (Å²) in [7, 11) is 2.14. The number of hydrogen-bond acceptors (Lipinski definition) is 5. The SMILES string of the molecule is Cc1nc(C(=O)N2CCC3(C2)Cn2ccnc2CN3C)cs1. The van der Waals surface area contributed by atoms with E-state index in [1.54, 1.807) is 0 Å². The molecule has 2 aliphatic rings. The third-order valence-corrected chi connectivity index (χ3v) is 5.69. The van der Waals surface area contributed by atoms with Crippen molar-refractivity contribution in [3.8, 4) is 0 Å². The molecule has 1 saturated heterocycles. The van der Waals surface area contributed by atoms with Gasteiger partial charge in [0.15, 0.2) is 0 Å². The maximum absolute atomic E-state index is 12.6. The molecule has 22 heavy (non-hydrogen) atoms. The van der Waals surface area contributed by atoms with Crippen LogP contribution in [0.5, 0.6) is 0 Å². The molecule has 4 heterocycles. The van der Waals surface area contributed by atoms with Crippen molar-refractivity contribution in [3.05, 3.63) is 34.3 Å². The summed E-state index contributed by atoms with van der Waals surface area (Å²) < 4.78 is 2.22. The molecule has 2 aromatic rings. The molecular formula is C15H19N5OS. The predicted octanol–water partition coefficient (Wildman–Crippen LogP) is 1.38. The van der Waals surface area contributed by atoms with E-state index in [9.17, 15) is 4.79 Å². The zero-order chi connectivity index (χ0) is 15.3. The van der Waals surface area contributed by atoms with E-state index >= 15 is 0 Å². The Labute approximate surface area is 133 Å². The van der Waals surface area contributed by atoms with Gasteiger partial charge in [-0.25, -0.2) is 9.97 Å². The van der Waals surface area contributed by atoms with Gasteiger partial charge in [-0.2, -0.15) is 0 Å². The van der Waals surface area contributed by atoms with Gasteiger partial charge < -0.3 is 9.47 Å². The van der Waals surface area contributed by atoms with Crippen LogP contribution in [0.3, 0.4) is 0 Å². The van der Waals surface area contributed by atoms with Gasteiger partial charge in [-0.15, -0.1) is 11.3 Å². The Kier molecular flexibility index (Phi) is 3.09. The lowest BCUT2D eigenvalue weighted by Crippen LogP contribution is -2.54. The van der Waals surface area contributed by atoms with Crippen LogP contribution in [-0.2, 0) is 13.1 Å². The minimum absolute atomic E-state index is 0.0222. The Morgan fingerprint density at radius 1 is 1.41 bits per heavy atom. The summed E-state index contributed by atoms with van der Waals surface area (Å²) in [6.45, 7) is 5.23. The summed E-state index contributed by atoms with van der Waals surface area (Å²) in [6, 6.07) is 0. The van der Waals surface area contributed by atoms with E-state index in [0.717, 1.165) is 43.4 Å². The summed E-state index contributed by atoms with van der Waals surface area (Å²) in [5.74, 6) is 1.17. The first-order chi connectivity index (χ1) is 10.6. The molecule has 1 spiro atoms. The van der Waals surface area contributed by atoms with Crippen LogP contribution in [-0.4, -0.2) is 55.9 Å². The van der Waals surface area contributed by atoms with Crippen molar-refractivity contribution in [1.82, 2.24) is 24.3 Å². The third-order valence-electron chi connectivity index (χ3n) is 4.91. The van der Waals surface area contributed by atoms with Crippen molar-refractivity contribution in [2.24, 2.45) is 0 Å². The molecule has 0 bridgehead atoms. The largest absolute Gasteiger partial charge is 0.335 e. The van der Waals surface area contributed by atoms with Crippen molar-refractivity contribution in [2.45, 2.75) is 32.0 Å². The average molecular weight is 317 g/mol. The van der Waals surface area contributed by atoms with E-state index in [4.69, 9.17) is 0 Å². The fourth-order valence-corrected chi connectivity index (χ4v) is 4.13. The van der Waals surface area contributed by atoms with Crippen LogP contribution in [0.4, 0.5) is 0 Å². The van der Waals surface area contributed by atoms with E-state index in [2.05, 4.69) is 26.5 Å². The molecular weight excluding hydrogens is 298 g/mol. The second kappa shape index (κ2) is 4.89. The van der Waals surface area contributed by atoms with Crippen LogP contribution < -0.4 is 0 Å². The van der Waals surface area contributed by atoms with E-state index in [1.165, 1.54) is 11.3 Å². The normalized spacial score (nSPS) is 24.9. The lowest BCUT2D eigenvalue weighted by atomic mass is 9.94. The molecule has 1 atom stereocenters. The molecule has 116 valence electrons. The molecule has 2 aromatic heterocycles. The van der Waals surface area contributed by atoms with Crippen LogP contribution in [0.2, 0.25) is 0 Å². The lowest BCUT2D eigenvalue weighted by molar-refractivity contribution is 0.0581. The Balaban J connectivity index is 1.56. The Hall–Kier alpha value is -1.73. The number of carbonyl (C=O) groups excluding carboxylic acids is 1. The van der Waals surface area contributed by atoms with Gasteiger partial charge in [0, 0.05) is 37.4 Å². The summed E-state index contributed by atoms with van der Waals surface area (Å²) in [5, 5.41) is 2.80. The highest BCUT2D eigenvalue weighted by atomic mass is 32.1. The van der Waals surface area contributed by atoms with Crippen LogP contribution >= 0.6 is 11.3 Å². The molecule has 0 N–H and O–H groups in total. The van der Waals surface area contributed by atoms with Gasteiger partial charge in [-0.05, 0) is 20.4 Å². The van der Waals surface area contributed by atoms with Crippen molar-refractivity contribution in [2.75, 3.05) is 20.1 Å². The molecule has 1 fully saturated rings. The second-order valence-electron chi connectivity index (χ2n) is 6.28. The average Bonchev–Trinajstić information content (AvgIpc) is 3.20. The number of fused-ring (bicyclic) bond motifs is 1. The smallest absolute Gasteiger partial charge is 0.273 e. The van der Waals surface area contributed by atoms with Crippen molar-refractivity contribution in [1.29, 1.82) is 0 Å². The number of likely N-dealkylation sites (N-methyl/N-ethyl adjacent to an activating group) is 1. The number of aromatic nitrogens is 3. The first-order valence-corrected chi connectivity index (χ1v) is 8.38. The van der Waals surface area contributed by atoms with E-state index < -0.39 is 0 Å². The topological polar surface area (TPSA) is 54.3 Å². The molecule has 0 aromatic carbocycles. The summed E-state index contributed by atoms with van der Waals surface area (Å²) in [6.07, 6.45) is 4.90. The van der Waals surface area contributed by atoms with Crippen LogP contribution in [0.1, 0.15) is 27.7 Å². The van der Waals surface area contributed by atoms with E-state index in [0.29, 0.717) is 5.69 Å². The number of amides is 1. The zero-order valence-corrected chi connectivity index (χ0v) is 13.6. The highest BCUT2D eigenvalue weighted by Gasteiger charge is 2.46. The lowest BCUT2D eigenvalue weighted by Gasteiger charge is -2.42. The van der Waals surface area contributed by atoms with Gasteiger partial charge >= 0.3 is 0 Å². The molecule has 1 amide bonds. The number of carbonyl (C=O) groups is 1. The zero-order valence-electron chi connectivity index (χ0n) is 12.8. The van der Waals surface area contributed by atoms with Gasteiger partial charge in [0.05, 0.1) is 17.1 Å². The summed E-state index contributed by atoms with van der Waals surface area (Å²) in [4.78, 5) is 25.7. The number of aryl methyl sites for hydroxylation is 1. The summed E-state index contributed by atoms with van der Waals surface area (Å²) >= 11 is 1.53. The standard InChI is InChI=1S/C15H19N5OS/c1-11-17-12(8-22-11)14(21)20-5-3-15(10-20)9-19-6-4-16-13(19)7-18(15)2/h4,6,8H,3,5,7,9-10H2,1-2H3. The number of likely N-dealkylation sites (tertiary alicyclic amines) is 1. The minimum Gasteiger partial charge on any atom is -0.335 e. The highest BCUT2D eigenvalue weighted by Crippen LogP contribution is 2.34. The van der Waals surface area contributed by atoms with Crippen LogP contribution in [0.15, 0.2) is 17.8 Å². The fourth-order valence-electron chi connectivity index (χ4n) is 3.55. The van der Waals surface area contributed by atoms with Gasteiger partial charge in [0.1, 0.15) is 11.5 Å². The number of hydrogen-bond donors (Lipinski definition) is 0. The first-order valence-electron chi connectivity index (χ1n) is 7.50. The van der Waals surface area contributed by atoms with Crippen molar-refractivity contribution in [3.63, 3.8) is 0 Å². The molecule has 6 nitrogen and oxygen atoms in total.